The fraction of sp³-hybridized carbons (Fsp3) is 0.0833. The van der Waals surface area contributed by atoms with Gasteiger partial charge in [-0.25, -0.2) is 0 Å². The molecule has 3 aromatic carbocycles. The Hall–Kier alpha value is -3.87. The molecule has 0 aromatic heterocycles. The Morgan fingerprint density at radius 3 is 2.62 bits per heavy atom. The number of nitro groups is 1. The molecule has 34 heavy (non-hydrogen) atoms. The summed E-state index contributed by atoms with van der Waals surface area (Å²) in [5.74, 6) is 0.0401. The van der Waals surface area contributed by atoms with Crippen LogP contribution in [0, 0.1) is 21.4 Å². The Kier molecular flexibility index (Phi) is 8.24. The zero-order valence-corrected chi connectivity index (χ0v) is 20.1. The standard InChI is InChI=1S/C24H17BrClN3O5/c1-33-22-11-16(10-19(25)23(22)34-14-15-5-3-2-4-6-15)9-17(13-27)24(30)28-20-8-7-18(26)12-21(20)29(31)32/h2-12H,14H2,1H3,(H,28,30)/b17-9+. The van der Waals surface area contributed by atoms with Crippen molar-refractivity contribution < 1.29 is 19.2 Å². The van der Waals surface area contributed by atoms with E-state index in [-0.39, 0.29) is 22.0 Å². The van der Waals surface area contributed by atoms with E-state index in [0.29, 0.717) is 28.1 Å². The topological polar surface area (TPSA) is 114 Å². The Labute approximate surface area is 208 Å². The van der Waals surface area contributed by atoms with Gasteiger partial charge in [-0.15, -0.1) is 0 Å². The molecular weight excluding hydrogens is 526 g/mol. The molecule has 0 radical (unpaired) electrons. The van der Waals surface area contributed by atoms with Gasteiger partial charge in [0.1, 0.15) is 23.9 Å². The largest absolute Gasteiger partial charge is 0.493 e. The summed E-state index contributed by atoms with van der Waals surface area (Å²) in [6.45, 7) is 0.316. The van der Waals surface area contributed by atoms with Crippen molar-refractivity contribution in [1.29, 1.82) is 5.26 Å². The molecule has 0 spiro atoms. The van der Waals surface area contributed by atoms with Crippen molar-refractivity contribution in [3.05, 3.63) is 97.0 Å². The van der Waals surface area contributed by atoms with Crippen molar-refractivity contribution in [2.45, 2.75) is 6.61 Å². The molecule has 0 bridgehead atoms. The number of carbonyl (C=O) groups is 1. The van der Waals surface area contributed by atoms with Crippen LogP contribution in [-0.2, 0) is 11.4 Å². The van der Waals surface area contributed by atoms with E-state index in [1.807, 2.05) is 36.4 Å². The molecule has 0 heterocycles. The zero-order chi connectivity index (χ0) is 24.7. The monoisotopic (exact) mass is 541 g/mol. The predicted octanol–water partition coefficient (Wildman–Crippen LogP) is 6.14. The molecule has 0 aliphatic carbocycles. The molecule has 3 rings (SSSR count). The molecule has 0 unspecified atom stereocenters. The first-order valence-electron chi connectivity index (χ1n) is 9.73. The molecule has 0 fully saturated rings. The van der Waals surface area contributed by atoms with Gasteiger partial charge in [0.05, 0.1) is 16.5 Å². The van der Waals surface area contributed by atoms with Crippen LogP contribution in [0.2, 0.25) is 5.02 Å². The first-order chi connectivity index (χ1) is 16.3. The molecular formula is C24H17BrClN3O5. The maximum atomic E-state index is 12.6. The molecule has 0 saturated heterocycles. The highest BCUT2D eigenvalue weighted by Crippen LogP contribution is 2.38. The first-order valence-corrected chi connectivity index (χ1v) is 10.9. The second kappa shape index (κ2) is 11.3. The SMILES string of the molecule is COc1cc(/C=C(\C#N)C(=O)Nc2ccc(Cl)cc2[N+](=O)[O-])cc(Br)c1OCc1ccccc1. The Morgan fingerprint density at radius 1 is 1.24 bits per heavy atom. The second-order valence-electron chi connectivity index (χ2n) is 6.85. The number of carbonyl (C=O) groups excluding carboxylic acids is 1. The third-order valence-electron chi connectivity index (χ3n) is 4.56. The predicted molar refractivity (Wildman–Crippen MR) is 132 cm³/mol. The average molecular weight is 543 g/mol. The zero-order valence-electron chi connectivity index (χ0n) is 17.7. The number of anilines is 1. The summed E-state index contributed by atoms with van der Waals surface area (Å²) in [7, 11) is 1.47. The minimum Gasteiger partial charge on any atom is -0.493 e. The molecule has 172 valence electrons. The van der Waals surface area contributed by atoms with E-state index in [9.17, 15) is 20.2 Å². The lowest BCUT2D eigenvalue weighted by molar-refractivity contribution is -0.383. The van der Waals surface area contributed by atoms with Crippen LogP contribution in [0.1, 0.15) is 11.1 Å². The van der Waals surface area contributed by atoms with Crippen LogP contribution >= 0.6 is 27.5 Å². The fourth-order valence-corrected chi connectivity index (χ4v) is 3.70. The maximum absolute atomic E-state index is 12.6. The van der Waals surface area contributed by atoms with Gasteiger partial charge in [0.15, 0.2) is 11.5 Å². The first kappa shape index (κ1) is 24.8. The Balaban J connectivity index is 1.85. The van der Waals surface area contributed by atoms with Gasteiger partial charge < -0.3 is 14.8 Å². The third-order valence-corrected chi connectivity index (χ3v) is 5.38. The number of benzene rings is 3. The molecule has 10 heteroatoms. The number of hydrogen-bond acceptors (Lipinski definition) is 6. The van der Waals surface area contributed by atoms with E-state index in [1.165, 1.54) is 25.3 Å². The van der Waals surface area contributed by atoms with Gasteiger partial charge >= 0.3 is 0 Å². The lowest BCUT2D eigenvalue weighted by Crippen LogP contribution is -2.14. The highest BCUT2D eigenvalue weighted by molar-refractivity contribution is 9.10. The summed E-state index contributed by atoms with van der Waals surface area (Å²) < 4.78 is 11.9. The summed E-state index contributed by atoms with van der Waals surface area (Å²) in [6, 6.07) is 18.5. The second-order valence-corrected chi connectivity index (χ2v) is 8.14. The quantitative estimate of drug-likeness (QED) is 0.158. The number of rotatable bonds is 8. The highest BCUT2D eigenvalue weighted by Gasteiger charge is 2.19. The van der Waals surface area contributed by atoms with Gasteiger partial charge in [-0.2, -0.15) is 5.26 Å². The van der Waals surface area contributed by atoms with E-state index in [4.69, 9.17) is 21.1 Å². The maximum Gasteiger partial charge on any atom is 0.294 e. The van der Waals surface area contributed by atoms with Crippen molar-refractivity contribution in [3.63, 3.8) is 0 Å². The Morgan fingerprint density at radius 2 is 1.97 bits per heavy atom. The third kappa shape index (κ3) is 6.13. The van der Waals surface area contributed by atoms with Crippen LogP contribution < -0.4 is 14.8 Å². The molecule has 8 nitrogen and oxygen atoms in total. The van der Waals surface area contributed by atoms with Crippen LogP contribution in [0.5, 0.6) is 11.5 Å². The van der Waals surface area contributed by atoms with E-state index >= 15 is 0 Å². The number of ether oxygens (including phenoxy) is 2. The van der Waals surface area contributed by atoms with Crippen molar-refractivity contribution in [1.82, 2.24) is 0 Å². The number of amides is 1. The van der Waals surface area contributed by atoms with E-state index in [1.54, 1.807) is 12.1 Å². The van der Waals surface area contributed by atoms with Crippen molar-refractivity contribution in [2.24, 2.45) is 0 Å². The van der Waals surface area contributed by atoms with Crippen molar-refractivity contribution in [2.75, 3.05) is 12.4 Å². The number of methoxy groups -OCH3 is 1. The van der Waals surface area contributed by atoms with Crippen molar-refractivity contribution in [3.8, 4) is 17.6 Å². The number of hydrogen-bond donors (Lipinski definition) is 1. The minimum absolute atomic E-state index is 0.0797. The normalized spacial score (nSPS) is 10.8. The lowest BCUT2D eigenvalue weighted by atomic mass is 10.1. The highest BCUT2D eigenvalue weighted by atomic mass is 79.9. The number of halogens is 2. The summed E-state index contributed by atoms with van der Waals surface area (Å²) >= 11 is 9.24. The van der Waals surface area contributed by atoms with Gasteiger partial charge in [-0.05, 0) is 57.4 Å². The van der Waals surface area contributed by atoms with Gasteiger partial charge in [0, 0.05) is 11.1 Å². The molecule has 1 amide bonds. The number of nitro benzene ring substituents is 1. The number of nitriles is 1. The number of nitrogens with zero attached hydrogens (tertiary/aromatic N) is 2. The number of nitrogens with one attached hydrogen (secondary N) is 1. The molecule has 0 aliphatic rings. The summed E-state index contributed by atoms with van der Waals surface area (Å²) in [5, 5.41) is 23.3. The molecule has 0 aliphatic heterocycles. The minimum atomic E-state index is -0.813. The van der Waals surface area contributed by atoms with Gasteiger partial charge in [-0.3, -0.25) is 14.9 Å². The van der Waals surface area contributed by atoms with Crippen molar-refractivity contribution >= 4 is 50.9 Å². The summed E-state index contributed by atoms with van der Waals surface area (Å²) in [5.41, 5.74) is 0.718. The van der Waals surface area contributed by atoms with Gasteiger partial charge in [0.2, 0.25) is 0 Å². The van der Waals surface area contributed by atoms with Crippen LogP contribution in [0.15, 0.2) is 70.7 Å². The average Bonchev–Trinajstić information content (AvgIpc) is 2.83. The lowest BCUT2D eigenvalue weighted by Gasteiger charge is -2.14. The molecule has 0 atom stereocenters. The molecule has 0 saturated carbocycles. The van der Waals surface area contributed by atoms with Gasteiger partial charge in [-0.1, -0.05) is 41.9 Å². The smallest absolute Gasteiger partial charge is 0.294 e. The van der Waals surface area contributed by atoms with E-state index < -0.39 is 10.8 Å². The fourth-order valence-electron chi connectivity index (χ4n) is 2.96. The molecule has 1 N–H and O–H groups in total. The van der Waals surface area contributed by atoms with Crippen LogP contribution in [0.3, 0.4) is 0 Å². The van der Waals surface area contributed by atoms with Gasteiger partial charge in [0.25, 0.3) is 11.6 Å². The van der Waals surface area contributed by atoms with Crippen LogP contribution in [-0.4, -0.2) is 17.9 Å². The van der Waals surface area contributed by atoms with Crippen LogP contribution in [0.25, 0.3) is 6.08 Å². The Bertz CT molecular complexity index is 1310. The summed E-state index contributed by atoms with van der Waals surface area (Å²) in [6.07, 6.45) is 1.34. The van der Waals surface area contributed by atoms with Crippen LogP contribution in [0.4, 0.5) is 11.4 Å². The van der Waals surface area contributed by atoms with E-state index in [0.717, 1.165) is 11.6 Å². The summed E-state index contributed by atoms with van der Waals surface area (Å²) in [4.78, 5) is 23.2. The van der Waals surface area contributed by atoms with E-state index in [2.05, 4.69) is 21.2 Å². The molecule has 3 aromatic rings.